The standard InChI is InChI=1S/C14H13IN2O/c1-9-5-6-12(8-13(9)15)17-14(18)10-3-2-4-11(16)7-10/h2-8H,16H2,1H3,(H,17,18). The Kier molecular flexibility index (Phi) is 3.86. The summed E-state index contributed by atoms with van der Waals surface area (Å²) in [5.74, 6) is -0.151. The molecule has 0 saturated heterocycles. The Bertz CT molecular complexity index is 596. The molecule has 0 atom stereocenters. The lowest BCUT2D eigenvalue weighted by molar-refractivity contribution is 0.102. The van der Waals surface area contributed by atoms with Crippen molar-refractivity contribution in [2.45, 2.75) is 6.92 Å². The topological polar surface area (TPSA) is 55.1 Å². The number of halogens is 1. The van der Waals surface area contributed by atoms with E-state index in [1.165, 1.54) is 5.56 Å². The minimum absolute atomic E-state index is 0.151. The summed E-state index contributed by atoms with van der Waals surface area (Å²) < 4.78 is 1.12. The first-order valence-corrected chi connectivity index (χ1v) is 6.57. The highest BCUT2D eigenvalue weighted by Gasteiger charge is 2.06. The predicted molar refractivity (Wildman–Crippen MR) is 82.7 cm³/mol. The largest absolute Gasteiger partial charge is 0.399 e. The summed E-state index contributed by atoms with van der Waals surface area (Å²) in [4.78, 5) is 12.0. The van der Waals surface area contributed by atoms with Crippen LogP contribution in [0.5, 0.6) is 0 Å². The minimum Gasteiger partial charge on any atom is -0.399 e. The van der Waals surface area contributed by atoms with Gasteiger partial charge >= 0.3 is 0 Å². The Hall–Kier alpha value is -1.56. The van der Waals surface area contributed by atoms with E-state index in [-0.39, 0.29) is 5.91 Å². The van der Waals surface area contributed by atoms with Crippen molar-refractivity contribution in [3.8, 4) is 0 Å². The van der Waals surface area contributed by atoms with Crippen molar-refractivity contribution in [3.63, 3.8) is 0 Å². The average Bonchev–Trinajstić information content (AvgIpc) is 2.34. The summed E-state index contributed by atoms with van der Waals surface area (Å²) in [6.45, 7) is 2.03. The molecule has 0 aliphatic carbocycles. The van der Waals surface area contributed by atoms with Gasteiger partial charge in [-0.3, -0.25) is 4.79 Å². The van der Waals surface area contributed by atoms with E-state index in [9.17, 15) is 4.79 Å². The molecule has 0 radical (unpaired) electrons. The van der Waals surface area contributed by atoms with Crippen LogP contribution in [0.1, 0.15) is 15.9 Å². The number of benzene rings is 2. The molecule has 0 aliphatic heterocycles. The van der Waals surface area contributed by atoms with Gasteiger partial charge in [0.2, 0.25) is 0 Å². The van der Waals surface area contributed by atoms with Crippen LogP contribution in [-0.4, -0.2) is 5.91 Å². The molecule has 3 nitrogen and oxygen atoms in total. The number of nitrogens with one attached hydrogen (secondary N) is 1. The highest BCUT2D eigenvalue weighted by molar-refractivity contribution is 14.1. The fraction of sp³-hybridized carbons (Fsp3) is 0.0714. The van der Waals surface area contributed by atoms with Gasteiger partial charge in [0.25, 0.3) is 5.91 Å². The van der Waals surface area contributed by atoms with E-state index < -0.39 is 0 Å². The molecule has 0 unspecified atom stereocenters. The van der Waals surface area contributed by atoms with Gasteiger partial charge in [-0.15, -0.1) is 0 Å². The molecule has 0 spiro atoms. The van der Waals surface area contributed by atoms with Gasteiger partial charge in [0.15, 0.2) is 0 Å². The summed E-state index contributed by atoms with van der Waals surface area (Å²) in [6, 6.07) is 12.7. The van der Waals surface area contributed by atoms with E-state index in [1.54, 1.807) is 24.3 Å². The van der Waals surface area contributed by atoms with Gasteiger partial charge < -0.3 is 11.1 Å². The zero-order valence-corrected chi connectivity index (χ0v) is 12.1. The van der Waals surface area contributed by atoms with E-state index in [0.717, 1.165) is 9.26 Å². The lowest BCUT2D eigenvalue weighted by Crippen LogP contribution is -2.12. The van der Waals surface area contributed by atoms with Crippen LogP contribution < -0.4 is 11.1 Å². The molecule has 18 heavy (non-hydrogen) atoms. The Labute approximate surface area is 120 Å². The number of anilines is 2. The Morgan fingerprint density at radius 2 is 2.00 bits per heavy atom. The second kappa shape index (κ2) is 5.39. The third-order valence-corrected chi connectivity index (χ3v) is 3.74. The highest BCUT2D eigenvalue weighted by atomic mass is 127. The zero-order chi connectivity index (χ0) is 13.1. The third-order valence-electron chi connectivity index (χ3n) is 2.58. The molecule has 2 rings (SSSR count). The number of amides is 1. The molecule has 1 amide bonds. The van der Waals surface area contributed by atoms with E-state index in [0.29, 0.717) is 11.3 Å². The van der Waals surface area contributed by atoms with Gasteiger partial charge in [-0.2, -0.15) is 0 Å². The fourth-order valence-electron chi connectivity index (χ4n) is 1.55. The summed E-state index contributed by atoms with van der Waals surface area (Å²) in [6.07, 6.45) is 0. The molecule has 92 valence electrons. The number of rotatable bonds is 2. The van der Waals surface area contributed by atoms with Gasteiger partial charge in [-0.1, -0.05) is 12.1 Å². The van der Waals surface area contributed by atoms with Crippen molar-refractivity contribution in [1.82, 2.24) is 0 Å². The normalized spacial score (nSPS) is 10.1. The fourth-order valence-corrected chi connectivity index (χ4v) is 2.07. The number of aryl methyl sites for hydroxylation is 1. The molecule has 0 saturated carbocycles. The second-order valence-electron chi connectivity index (χ2n) is 4.04. The van der Waals surface area contributed by atoms with E-state index in [4.69, 9.17) is 5.73 Å². The van der Waals surface area contributed by atoms with Crippen LogP contribution in [-0.2, 0) is 0 Å². The molecule has 2 aromatic carbocycles. The Morgan fingerprint density at radius 1 is 1.22 bits per heavy atom. The van der Waals surface area contributed by atoms with Gasteiger partial charge in [-0.25, -0.2) is 0 Å². The molecule has 0 heterocycles. The minimum atomic E-state index is -0.151. The van der Waals surface area contributed by atoms with Crippen LogP contribution in [0, 0.1) is 10.5 Å². The van der Waals surface area contributed by atoms with Gasteiger partial charge in [0.05, 0.1) is 0 Å². The van der Waals surface area contributed by atoms with Crippen LogP contribution in [0.3, 0.4) is 0 Å². The molecule has 0 aliphatic rings. The van der Waals surface area contributed by atoms with E-state index in [2.05, 4.69) is 27.9 Å². The first-order chi connectivity index (χ1) is 8.56. The van der Waals surface area contributed by atoms with Crippen molar-refractivity contribution in [2.75, 3.05) is 11.1 Å². The maximum Gasteiger partial charge on any atom is 0.255 e. The van der Waals surface area contributed by atoms with Gasteiger partial charge in [0, 0.05) is 20.5 Å². The number of carbonyl (C=O) groups is 1. The summed E-state index contributed by atoms with van der Waals surface area (Å²) in [7, 11) is 0. The number of carbonyl (C=O) groups excluding carboxylic acids is 1. The van der Waals surface area contributed by atoms with Crippen LogP contribution in [0.25, 0.3) is 0 Å². The molecule has 0 aromatic heterocycles. The van der Waals surface area contributed by atoms with Crippen molar-refractivity contribution < 1.29 is 4.79 Å². The van der Waals surface area contributed by atoms with Crippen molar-refractivity contribution in [3.05, 3.63) is 57.2 Å². The van der Waals surface area contributed by atoms with E-state index in [1.807, 2.05) is 25.1 Å². The average molecular weight is 352 g/mol. The first kappa shape index (κ1) is 12.9. The van der Waals surface area contributed by atoms with Crippen molar-refractivity contribution >= 4 is 39.9 Å². The van der Waals surface area contributed by atoms with Crippen LogP contribution in [0.15, 0.2) is 42.5 Å². The zero-order valence-electron chi connectivity index (χ0n) is 9.91. The number of hydrogen-bond donors (Lipinski definition) is 2. The molecule has 4 heteroatoms. The maximum absolute atomic E-state index is 12.0. The monoisotopic (exact) mass is 352 g/mol. The first-order valence-electron chi connectivity index (χ1n) is 5.49. The van der Waals surface area contributed by atoms with Crippen LogP contribution >= 0.6 is 22.6 Å². The predicted octanol–water partition coefficient (Wildman–Crippen LogP) is 3.43. The number of nitrogen functional groups attached to an aromatic ring is 1. The SMILES string of the molecule is Cc1ccc(NC(=O)c2cccc(N)c2)cc1I. The summed E-state index contributed by atoms with van der Waals surface area (Å²) >= 11 is 2.25. The third kappa shape index (κ3) is 3.01. The summed E-state index contributed by atoms with van der Waals surface area (Å²) in [5, 5.41) is 2.85. The smallest absolute Gasteiger partial charge is 0.255 e. The highest BCUT2D eigenvalue weighted by Crippen LogP contribution is 2.18. The molecular weight excluding hydrogens is 339 g/mol. The Morgan fingerprint density at radius 3 is 2.67 bits per heavy atom. The number of nitrogens with two attached hydrogens (primary N) is 1. The molecule has 3 N–H and O–H groups in total. The molecule has 0 bridgehead atoms. The maximum atomic E-state index is 12.0. The van der Waals surface area contributed by atoms with Crippen LogP contribution in [0.2, 0.25) is 0 Å². The van der Waals surface area contributed by atoms with E-state index >= 15 is 0 Å². The lowest BCUT2D eigenvalue weighted by atomic mass is 10.2. The lowest BCUT2D eigenvalue weighted by Gasteiger charge is -2.07. The second-order valence-corrected chi connectivity index (χ2v) is 5.21. The number of hydrogen-bond acceptors (Lipinski definition) is 2. The summed E-state index contributed by atoms with van der Waals surface area (Å²) in [5.41, 5.74) is 8.78. The Balaban J connectivity index is 2.18. The molecular formula is C14H13IN2O. The van der Waals surface area contributed by atoms with Crippen molar-refractivity contribution in [1.29, 1.82) is 0 Å². The molecule has 0 fully saturated rings. The van der Waals surface area contributed by atoms with Crippen LogP contribution in [0.4, 0.5) is 11.4 Å². The van der Waals surface area contributed by atoms with Crippen molar-refractivity contribution in [2.24, 2.45) is 0 Å². The van der Waals surface area contributed by atoms with Gasteiger partial charge in [0.1, 0.15) is 0 Å². The quantitative estimate of drug-likeness (QED) is 0.643. The van der Waals surface area contributed by atoms with Gasteiger partial charge in [-0.05, 0) is 65.4 Å². The molecule has 2 aromatic rings.